The molecule has 0 unspecified atom stereocenters. The molecule has 0 radical (unpaired) electrons. The Labute approximate surface area is 76.0 Å². The molecule has 0 aromatic heterocycles. The first-order valence-electron chi connectivity index (χ1n) is 4.33. The van der Waals surface area contributed by atoms with Crippen LogP contribution >= 0.6 is 0 Å². The fourth-order valence-corrected chi connectivity index (χ4v) is 10.4. The summed E-state index contributed by atoms with van der Waals surface area (Å²) in [6.07, 6.45) is 0. The molecule has 0 aliphatic heterocycles. The van der Waals surface area contributed by atoms with Crippen LogP contribution in [-0.2, 0) is 4.43 Å². The third kappa shape index (κ3) is 3.50. The van der Waals surface area contributed by atoms with E-state index in [0.717, 1.165) is 0 Å². The molecule has 0 spiro atoms. The van der Waals surface area contributed by atoms with Gasteiger partial charge in [0.2, 0.25) is 8.32 Å². The second-order valence-electron chi connectivity index (χ2n) is 3.21. The molecular formula is C7H20OSi3. The van der Waals surface area contributed by atoms with E-state index in [2.05, 4.69) is 31.9 Å². The summed E-state index contributed by atoms with van der Waals surface area (Å²) in [4.78, 5) is 1.73. The number of rotatable bonds is 4. The van der Waals surface area contributed by atoms with Crippen molar-refractivity contribution < 1.29 is 4.43 Å². The molecule has 0 aromatic rings. The Morgan fingerprint density at radius 2 is 1.91 bits per heavy atom. The summed E-state index contributed by atoms with van der Waals surface area (Å²) in [5.74, 6) is 0. The summed E-state index contributed by atoms with van der Waals surface area (Å²) < 4.78 is 5.57. The van der Waals surface area contributed by atoms with Crippen molar-refractivity contribution in [3.05, 3.63) is 10.5 Å². The molecule has 0 rings (SSSR count). The van der Waals surface area contributed by atoms with E-state index in [1.807, 2.05) is 7.11 Å². The maximum absolute atomic E-state index is 5.57. The lowest BCUT2D eigenvalue weighted by molar-refractivity contribution is 0.414. The van der Waals surface area contributed by atoms with Gasteiger partial charge in [-0.15, -0.1) is 5.70 Å². The molecule has 0 heterocycles. The highest BCUT2D eigenvalue weighted by molar-refractivity contribution is 6.90. The summed E-state index contributed by atoms with van der Waals surface area (Å²) in [6.45, 7) is 9.31. The van der Waals surface area contributed by atoms with Gasteiger partial charge in [0, 0.05) is 26.1 Å². The summed E-state index contributed by atoms with van der Waals surface area (Å²) >= 11 is 0. The van der Waals surface area contributed by atoms with Crippen LogP contribution in [0.15, 0.2) is 10.5 Å². The first kappa shape index (κ1) is 11.4. The molecule has 0 bridgehead atoms. The Hall–Kier alpha value is 0.351. The molecule has 11 heavy (non-hydrogen) atoms. The molecule has 0 saturated carbocycles. The number of hydrogen-bond acceptors (Lipinski definition) is 1. The standard InChI is InChI=1S/C7H20OSi3/c1-8-11(4,5)7(10-3)6-9-2/h6H,9-10H2,1-5H3/b7-6+. The van der Waals surface area contributed by atoms with Gasteiger partial charge in [0.25, 0.3) is 0 Å². The maximum atomic E-state index is 5.57. The minimum absolute atomic E-state index is 0.0344. The third-order valence-corrected chi connectivity index (χ3v) is 11.4. The minimum Gasteiger partial charge on any atom is -0.417 e. The molecule has 0 fully saturated rings. The van der Waals surface area contributed by atoms with Gasteiger partial charge in [-0.1, -0.05) is 17.9 Å². The van der Waals surface area contributed by atoms with Crippen LogP contribution in [0.5, 0.6) is 0 Å². The average molecular weight is 204 g/mol. The van der Waals surface area contributed by atoms with Gasteiger partial charge in [0.1, 0.15) is 0 Å². The molecule has 0 N–H and O–H groups in total. The van der Waals surface area contributed by atoms with Crippen LogP contribution in [-0.4, -0.2) is 34.5 Å². The van der Waals surface area contributed by atoms with E-state index in [1.165, 1.54) is 0 Å². The van der Waals surface area contributed by atoms with Crippen LogP contribution in [0.4, 0.5) is 0 Å². The SMILES string of the molecule is CO[Si](C)(C)/C(=C/[SiH2]C)[SiH2]C. The monoisotopic (exact) mass is 204 g/mol. The Balaban J connectivity index is 4.36. The predicted molar refractivity (Wildman–Crippen MR) is 61.4 cm³/mol. The smallest absolute Gasteiger partial charge is 0.208 e. The van der Waals surface area contributed by atoms with Crippen LogP contribution < -0.4 is 0 Å². The van der Waals surface area contributed by atoms with E-state index >= 15 is 0 Å². The van der Waals surface area contributed by atoms with Gasteiger partial charge in [0.15, 0.2) is 0 Å². The highest BCUT2D eigenvalue weighted by Gasteiger charge is 2.23. The van der Waals surface area contributed by atoms with E-state index in [-0.39, 0.29) is 19.0 Å². The van der Waals surface area contributed by atoms with Crippen molar-refractivity contribution in [3.8, 4) is 0 Å². The lowest BCUT2D eigenvalue weighted by atomic mass is 11.2. The van der Waals surface area contributed by atoms with E-state index in [0.29, 0.717) is 0 Å². The molecule has 0 aromatic carbocycles. The van der Waals surface area contributed by atoms with Crippen molar-refractivity contribution in [2.24, 2.45) is 0 Å². The van der Waals surface area contributed by atoms with Gasteiger partial charge in [-0.3, -0.25) is 0 Å². The summed E-state index contributed by atoms with van der Waals surface area (Å²) in [7, 11) is 0.621. The lowest BCUT2D eigenvalue weighted by Gasteiger charge is -2.23. The molecule has 66 valence electrons. The number of hydrogen-bond donors (Lipinski definition) is 0. The van der Waals surface area contributed by atoms with Crippen LogP contribution in [0.3, 0.4) is 0 Å². The second-order valence-corrected chi connectivity index (χ2v) is 10.7. The molecule has 0 saturated heterocycles. The van der Waals surface area contributed by atoms with Crippen molar-refractivity contribution in [3.63, 3.8) is 0 Å². The van der Waals surface area contributed by atoms with Crippen LogP contribution in [0.2, 0.25) is 26.2 Å². The third-order valence-electron chi connectivity index (χ3n) is 2.12. The summed E-state index contributed by atoms with van der Waals surface area (Å²) in [5, 5.41) is 0. The highest BCUT2D eigenvalue weighted by Crippen LogP contribution is 2.13. The Morgan fingerprint density at radius 3 is 2.18 bits per heavy atom. The quantitative estimate of drug-likeness (QED) is 0.611. The van der Waals surface area contributed by atoms with Gasteiger partial charge in [-0.25, -0.2) is 0 Å². The van der Waals surface area contributed by atoms with E-state index in [4.69, 9.17) is 4.43 Å². The first-order chi connectivity index (χ1) is 5.08. The van der Waals surface area contributed by atoms with Crippen molar-refractivity contribution >= 4 is 27.4 Å². The van der Waals surface area contributed by atoms with Crippen molar-refractivity contribution in [1.29, 1.82) is 0 Å². The molecular weight excluding hydrogens is 184 g/mol. The lowest BCUT2D eigenvalue weighted by Crippen LogP contribution is -2.34. The Morgan fingerprint density at radius 1 is 1.36 bits per heavy atom. The van der Waals surface area contributed by atoms with Gasteiger partial charge in [-0.2, -0.15) is 0 Å². The topological polar surface area (TPSA) is 9.23 Å². The van der Waals surface area contributed by atoms with Gasteiger partial charge >= 0.3 is 0 Å². The minimum atomic E-state index is -1.37. The Bertz CT molecular complexity index is 143. The fourth-order valence-electron chi connectivity index (χ4n) is 1.19. The molecule has 0 atom stereocenters. The van der Waals surface area contributed by atoms with Gasteiger partial charge in [-0.05, 0) is 13.1 Å². The largest absolute Gasteiger partial charge is 0.417 e. The van der Waals surface area contributed by atoms with E-state index in [9.17, 15) is 0 Å². The maximum Gasteiger partial charge on any atom is 0.208 e. The van der Waals surface area contributed by atoms with E-state index < -0.39 is 8.32 Å². The van der Waals surface area contributed by atoms with Crippen molar-refractivity contribution in [2.45, 2.75) is 26.2 Å². The highest BCUT2D eigenvalue weighted by atomic mass is 28.4. The predicted octanol–water partition coefficient (Wildman–Crippen LogP) is 0.652. The van der Waals surface area contributed by atoms with E-state index in [1.54, 1.807) is 4.82 Å². The van der Waals surface area contributed by atoms with Crippen molar-refractivity contribution in [2.75, 3.05) is 7.11 Å². The molecule has 4 heteroatoms. The first-order valence-corrected chi connectivity index (χ1v) is 11.6. The average Bonchev–Trinajstić information content (AvgIpc) is 2.00. The van der Waals surface area contributed by atoms with Crippen molar-refractivity contribution in [1.82, 2.24) is 0 Å². The normalized spacial score (nSPS) is 15.9. The molecule has 0 amide bonds. The zero-order valence-corrected chi connectivity index (χ0v) is 12.2. The zero-order valence-electron chi connectivity index (χ0n) is 8.40. The molecule has 1 nitrogen and oxygen atoms in total. The second kappa shape index (κ2) is 5.08. The van der Waals surface area contributed by atoms with Crippen LogP contribution in [0.25, 0.3) is 0 Å². The fraction of sp³-hybridized carbons (Fsp3) is 0.714. The van der Waals surface area contributed by atoms with Gasteiger partial charge < -0.3 is 4.43 Å². The molecule has 0 aliphatic rings. The van der Waals surface area contributed by atoms with Crippen LogP contribution in [0.1, 0.15) is 0 Å². The molecule has 0 aliphatic carbocycles. The van der Waals surface area contributed by atoms with Crippen LogP contribution in [0, 0.1) is 0 Å². The summed E-state index contributed by atoms with van der Waals surface area (Å²) in [5.41, 5.74) is 2.52. The van der Waals surface area contributed by atoms with Gasteiger partial charge in [0.05, 0.1) is 0 Å². The Kier molecular flexibility index (Phi) is 5.24. The summed E-state index contributed by atoms with van der Waals surface area (Å²) in [6, 6.07) is 0. The zero-order chi connectivity index (χ0) is 8.91.